The number of hydrogen-bond donors (Lipinski definition) is 1. The summed E-state index contributed by atoms with van der Waals surface area (Å²) in [4.78, 5) is 14.1. The van der Waals surface area contributed by atoms with E-state index in [4.69, 9.17) is 5.73 Å². The lowest BCUT2D eigenvalue weighted by Crippen LogP contribution is -2.48. The predicted molar refractivity (Wildman–Crippen MR) is 87.9 cm³/mol. The highest BCUT2D eigenvalue weighted by atomic mass is 16.2. The van der Waals surface area contributed by atoms with E-state index in [1.165, 1.54) is 10.8 Å². The van der Waals surface area contributed by atoms with Gasteiger partial charge in [-0.1, -0.05) is 57.2 Å². The predicted octanol–water partition coefficient (Wildman–Crippen LogP) is 3.17. The summed E-state index contributed by atoms with van der Waals surface area (Å²) in [7, 11) is 1.81. The number of carbonyl (C=O) groups is 1. The number of nitrogens with zero attached hydrogens (tertiary/aromatic N) is 1. The molecule has 0 saturated heterocycles. The largest absolute Gasteiger partial charge is 0.340 e. The van der Waals surface area contributed by atoms with Gasteiger partial charge in [-0.25, -0.2) is 0 Å². The fourth-order valence-electron chi connectivity index (χ4n) is 2.30. The maximum absolute atomic E-state index is 12.4. The highest BCUT2D eigenvalue weighted by Gasteiger charge is 2.29. The number of likely N-dealkylation sites (N-methyl/N-ethyl adjacent to an activating group) is 1. The molecule has 0 radical (unpaired) electrons. The third kappa shape index (κ3) is 3.61. The van der Waals surface area contributed by atoms with Crippen LogP contribution in [0.15, 0.2) is 42.5 Å². The van der Waals surface area contributed by atoms with E-state index in [0.717, 1.165) is 5.56 Å². The van der Waals surface area contributed by atoms with Crippen molar-refractivity contribution in [1.82, 2.24) is 4.90 Å². The molecule has 2 N–H and O–H groups in total. The molecule has 0 aliphatic heterocycles. The standard InChI is InChI=1S/C18H24N2O/c1-18(2,3)16(19)17(21)20(4)12-13-9-10-14-7-5-6-8-15(14)11-13/h5-11,16H,12,19H2,1-4H3/t16-/m0/s1. The number of carbonyl (C=O) groups excluding carboxylic acids is 1. The first-order valence-corrected chi connectivity index (χ1v) is 7.27. The molecule has 1 atom stereocenters. The first-order chi connectivity index (χ1) is 9.79. The monoisotopic (exact) mass is 284 g/mol. The van der Waals surface area contributed by atoms with Crippen LogP contribution in [0.4, 0.5) is 0 Å². The lowest BCUT2D eigenvalue weighted by atomic mass is 9.86. The normalized spacial score (nSPS) is 13.2. The lowest BCUT2D eigenvalue weighted by molar-refractivity contribution is -0.134. The Labute approximate surface area is 126 Å². The number of rotatable bonds is 3. The molecular weight excluding hydrogens is 260 g/mol. The number of fused-ring (bicyclic) bond motifs is 1. The number of nitrogens with two attached hydrogens (primary N) is 1. The Kier molecular flexibility index (Phi) is 4.33. The molecule has 0 heterocycles. The topological polar surface area (TPSA) is 46.3 Å². The first-order valence-electron chi connectivity index (χ1n) is 7.27. The Morgan fingerprint density at radius 1 is 1.14 bits per heavy atom. The van der Waals surface area contributed by atoms with E-state index in [-0.39, 0.29) is 11.3 Å². The van der Waals surface area contributed by atoms with Gasteiger partial charge in [0, 0.05) is 13.6 Å². The van der Waals surface area contributed by atoms with E-state index >= 15 is 0 Å². The molecular formula is C18H24N2O. The molecule has 1 amide bonds. The van der Waals surface area contributed by atoms with Crippen molar-refractivity contribution in [2.24, 2.45) is 11.1 Å². The van der Waals surface area contributed by atoms with Gasteiger partial charge >= 0.3 is 0 Å². The van der Waals surface area contributed by atoms with E-state index in [0.29, 0.717) is 6.54 Å². The first kappa shape index (κ1) is 15.5. The Morgan fingerprint density at radius 2 is 1.76 bits per heavy atom. The molecule has 3 nitrogen and oxygen atoms in total. The summed E-state index contributed by atoms with van der Waals surface area (Å²) in [5.41, 5.74) is 6.94. The molecule has 21 heavy (non-hydrogen) atoms. The van der Waals surface area contributed by atoms with E-state index in [1.807, 2.05) is 40.0 Å². The van der Waals surface area contributed by atoms with Gasteiger partial charge in [0.05, 0.1) is 6.04 Å². The van der Waals surface area contributed by atoms with E-state index in [9.17, 15) is 4.79 Å². The van der Waals surface area contributed by atoms with Gasteiger partial charge in [0.1, 0.15) is 0 Å². The van der Waals surface area contributed by atoms with Gasteiger partial charge in [-0.2, -0.15) is 0 Å². The van der Waals surface area contributed by atoms with Crippen LogP contribution in [0.2, 0.25) is 0 Å². The summed E-state index contributed by atoms with van der Waals surface area (Å²) in [5.74, 6) is -0.0179. The van der Waals surface area contributed by atoms with Gasteiger partial charge < -0.3 is 10.6 Å². The van der Waals surface area contributed by atoms with Crippen LogP contribution in [0.1, 0.15) is 26.3 Å². The maximum atomic E-state index is 12.4. The smallest absolute Gasteiger partial charge is 0.240 e. The highest BCUT2D eigenvalue weighted by Crippen LogP contribution is 2.20. The van der Waals surface area contributed by atoms with Crippen molar-refractivity contribution in [3.05, 3.63) is 48.0 Å². The second kappa shape index (κ2) is 5.86. The molecule has 3 heteroatoms. The summed E-state index contributed by atoms with van der Waals surface area (Å²) in [5, 5.41) is 2.40. The Bertz CT molecular complexity index is 643. The van der Waals surface area contributed by atoms with Crippen molar-refractivity contribution in [3.63, 3.8) is 0 Å². The minimum absolute atomic E-state index is 0.0179. The van der Waals surface area contributed by atoms with Crippen molar-refractivity contribution in [2.75, 3.05) is 7.05 Å². The van der Waals surface area contributed by atoms with Crippen LogP contribution in [0.3, 0.4) is 0 Å². The van der Waals surface area contributed by atoms with Crippen molar-refractivity contribution >= 4 is 16.7 Å². The average Bonchev–Trinajstić information content (AvgIpc) is 2.44. The zero-order valence-corrected chi connectivity index (χ0v) is 13.3. The van der Waals surface area contributed by atoms with Gasteiger partial charge in [-0.3, -0.25) is 4.79 Å². The van der Waals surface area contributed by atoms with Gasteiger partial charge in [-0.15, -0.1) is 0 Å². The molecule has 0 spiro atoms. The van der Waals surface area contributed by atoms with Gasteiger partial charge in [-0.05, 0) is 27.8 Å². The molecule has 0 saturated carbocycles. The fraction of sp³-hybridized carbons (Fsp3) is 0.389. The fourth-order valence-corrected chi connectivity index (χ4v) is 2.30. The molecule has 0 bridgehead atoms. The van der Waals surface area contributed by atoms with Crippen LogP contribution in [0, 0.1) is 5.41 Å². The lowest BCUT2D eigenvalue weighted by Gasteiger charge is -2.30. The Hall–Kier alpha value is -1.87. The summed E-state index contributed by atoms with van der Waals surface area (Å²) >= 11 is 0. The summed E-state index contributed by atoms with van der Waals surface area (Å²) in [6.45, 7) is 6.53. The summed E-state index contributed by atoms with van der Waals surface area (Å²) < 4.78 is 0. The Morgan fingerprint density at radius 3 is 2.38 bits per heavy atom. The SMILES string of the molecule is CN(Cc1ccc2ccccc2c1)C(=O)[C@H](N)C(C)(C)C. The molecule has 0 aliphatic rings. The molecule has 2 aromatic carbocycles. The zero-order valence-electron chi connectivity index (χ0n) is 13.3. The Balaban J connectivity index is 2.14. The van der Waals surface area contributed by atoms with Crippen LogP contribution in [-0.4, -0.2) is 23.9 Å². The van der Waals surface area contributed by atoms with Crippen molar-refractivity contribution in [1.29, 1.82) is 0 Å². The average molecular weight is 284 g/mol. The quantitative estimate of drug-likeness (QED) is 0.941. The number of amides is 1. The number of hydrogen-bond acceptors (Lipinski definition) is 2. The molecule has 0 aromatic heterocycles. The molecule has 0 aliphatic carbocycles. The second-order valence-electron chi connectivity index (χ2n) is 6.72. The van der Waals surface area contributed by atoms with Crippen LogP contribution >= 0.6 is 0 Å². The minimum atomic E-state index is -0.483. The maximum Gasteiger partial charge on any atom is 0.240 e. The van der Waals surface area contributed by atoms with Gasteiger partial charge in [0.25, 0.3) is 0 Å². The van der Waals surface area contributed by atoms with Crippen LogP contribution in [-0.2, 0) is 11.3 Å². The van der Waals surface area contributed by atoms with Gasteiger partial charge in [0.15, 0.2) is 0 Å². The third-order valence-electron chi connectivity index (χ3n) is 3.81. The summed E-state index contributed by atoms with van der Waals surface area (Å²) in [6, 6.07) is 14.0. The van der Waals surface area contributed by atoms with Crippen molar-refractivity contribution in [3.8, 4) is 0 Å². The van der Waals surface area contributed by atoms with E-state index < -0.39 is 6.04 Å². The molecule has 112 valence electrons. The van der Waals surface area contributed by atoms with Crippen LogP contribution in [0.5, 0.6) is 0 Å². The minimum Gasteiger partial charge on any atom is -0.340 e. The highest BCUT2D eigenvalue weighted by molar-refractivity contribution is 5.84. The number of benzene rings is 2. The molecule has 2 aromatic rings. The van der Waals surface area contributed by atoms with Crippen molar-refractivity contribution < 1.29 is 4.79 Å². The van der Waals surface area contributed by atoms with Crippen molar-refractivity contribution in [2.45, 2.75) is 33.4 Å². The third-order valence-corrected chi connectivity index (χ3v) is 3.81. The molecule has 2 rings (SSSR count). The molecule has 0 unspecified atom stereocenters. The van der Waals surface area contributed by atoms with Crippen LogP contribution < -0.4 is 5.73 Å². The zero-order chi connectivity index (χ0) is 15.6. The molecule has 0 fully saturated rings. The van der Waals surface area contributed by atoms with Crippen LogP contribution in [0.25, 0.3) is 10.8 Å². The van der Waals surface area contributed by atoms with E-state index in [1.54, 1.807) is 4.90 Å². The van der Waals surface area contributed by atoms with Gasteiger partial charge in [0.2, 0.25) is 5.91 Å². The second-order valence-corrected chi connectivity index (χ2v) is 6.72. The summed E-state index contributed by atoms with van der Waals surface area (Å²) in [6.07, 6.45) is 0. The van der Waals surface area contributed by atoms with E-state index in [2.05, 4.69) is 30.3 Å².